The summed E-state index contributed by atoms with van der Waals surface area (Å²) in [5, 5.41) is 7.20. The molecule has 0 spiro atoms. The van der Waals surface area contributed by atoms with Crippen molar-refractivity contribution in [2.45, 2.75) is 12.1 Å². The highest BCUT2D eigenvalue weighted by Crippen LogP contribution is 2.12. The van der Waals surface area contributed by atoms with E-state index in [4.69, 9.17) is 1.37 Å². The number of hydrogen-bond acceptors (Lipinski definition) is 12. The van der Waals surface area contributed by atoms with E-state index in [-0.39, 0.29) is 18.4 Å². The van der Waals surface area contributed by atoms with E-state index in [1.165, 1.54) is 42.4 Å². The van der Waals surface area contributed by atoms with Crippen LogP contribution in [0, 0.1) is 23.7 Å². The number of rotatable bonds is 12. The molecular formula is C50H52ClFN4O11. The third-order valence-electron chi connectivity index (χ3n) is 8.60. The number of hydrogen-bond donors (Lipinski definition) is 3. The smallest absolute Gasteiger partial charge is 0.338 e. The molecule has 67 heavy (non-hydrogen) atoms. The number of benzene rings is 4. The standard InChI is InChI=1S/C24H22N2O5.C19H14O3.C6H12N2O3.CH3F.ClH/c1-25-22(28)21(24(30)31-3)26(2)23(29)20-14-12-18(13-15-20)7-5-4-6-17-8-10-19(16-27)11-9-17;1-22-19(21)18-12-10-16(11-13-18)5-3-2-4-15-6-8-17(14-20)9-7-15;1-7-4(5(9)8-2)6(10)11-3;1-2;/h5,7-16,21H,1-3H3,(H,25,28);3,5-14H,1H3;4,7H,1-3H3,(H,8,9);1H3;1H/b7-5+;5-3+;;;/i;;;1D;. The van der Waals surface area contributed by atoms with Crippen molar-refractivity contribution in [2.75, 3.05) is 56.7 Å². The lowest BCUT2D eigenvalue weighted by molar-refractivity contribution is -0.150. The van der Waals surface area contributed by atoms with Gasteiger partial charge in [0.15, 0.2) is 6.04 Å². The molecule has 0 saturated heterocycles. The maximum absolute atomic E-state index is 12.7. The fourth-order valence-corrected chi connectivity index (χ4v) is 5.03. The summed E-state index contributed by atoms with van der Waals surface area (Å²) in [5.41, 5.74) is 5.45. The number of halogens is 2. The van der Waals surface area contributed by atoms with Crippen molar-refractivity contribution in [3.8, 4) is 23.7 Å². The Balaban J connectivity index is 0.00000105. The molecule has 0 radical (unpaired) electrons. The Hall–Kier alpha value is -8.18. The van der Waals surface area contributed by atoms with Crippen molar-refractivity contribution in [3.63, 3.8) is 0 Å². The molecule has 0 saturated carbocycles. The number of carbonyl (C=O) groups is 8. The Morgan fingerprint density at radius 3 is 1.34 bits per heavy atom. The number of likely N-dealkylation sites (N-methyl/N-ethyl adjacent to an activating group) is 4. The third kappa shape index (κ3) is 20.5. The largest absolute Gasteiger partial charge is 0.467 e. The van der Waals surface area contributed by atoms with Crippen molar-refractivity contribution < 1.29 is 58.3 Å². The highest BCUT2D eigenvalue weighted by molar-refractivity contribution is 6.07. The lowest BCUT2D eigenvalue weighted by Crippen LogP contribution is -2.51. The lowest BCUT2D eigenvalue weighted by Gasteiger charge is -2.24. The van der Waals surface area contributed by atoms with Crippen LogP contribution in [-0.2, 0) is 33.4 Å². The summed E-state index contributed by atoms with van der Waals surface area (Å²) in [7, 11) is 8.45. The average molecular weight is 940 g/mol. The van der Waals surface area contributed by atoms with E-state index in [9.17, 15) is 42.7 Å². The van der Waals surface area contributed by atoms with Gasteiger partial charge in [-0.3, -0.25) is 33.7 Å². The fourth-order valence-electron chi connectivity index (χ4n) is 5.03. The summed E-state index contributed by atoms with van der Waals surface area (Å²) in [5.74, 6) is 8.47. The molecule has 4 aromatic rings. The molecule has 4 rings (SSSR count). The molecule has 352 valence electrons. The van der Waals surface area contributed by atoms with Gasteiger partial charge >= 0.3 is 17.9 Å². The molecule has 0 aliphatic rings. The first kappa shape index (κ1) is 56.8. The Morgan fingerprint density at radius 2 is 1.00 bits per heavy atom. The molecule has 0 heterocycles. The molecule has 3 N–H and O–H groups in total. The molecule has 0 aliphatic heterocycles. The van der Waals surface area contributed by atoms with E-state index in [0.717, 1.165) is 46.8 Å². The van der Waals surface area contributed by atoms with Crippen LogP contribution in [0.1, 0.15) is 65.1 Å². The molecule has 0 fully saturated rings. The van der Waals surface area contributed by atoms with Gasteiger partial charge in [0.2, 0.25) is 11.9 Å². The van der Waals surface area contributed by atoms with Gasteiger partial charge in [-0.2, -0.15) is 0 Å². The summed E-state index contributed by atoms with van der Waals surface area (Å²) in [4.78, 5) is 91.8. The van der Waals surface area contributed by atoms with Crippen LogP contribution in [0.5, 0.6) is 0 Å². The highest BCUT2D eigenvalue weighted by atomic mass is 35.5. The third-order valence-corrected chi connectivity index (χ3v) is 8.60. The molecule has 3 amide bonds. The molecule has 0 bridgehead atoms. The van der Waals surface area contributed by atoms with Crippen molar-refractivity contribution in [2.24, 2.45) is 0 Å². The van der Waals surface area contributed by atoms with Gasteiger partial charge in [-0.1, -0.05) is 72.2 Å². The van der Waals surface area contributed by atoms with E-state index in [1.54, 1.807) is 103 Å². The lowest BCUT2D eigenvalue weighted by atomic mass is 10.1. The van der Waals surface area contributed by atoms with Gasteiger partial charge < -0.3 is 29.7 Å². The number of carbonyl (C=O) groups excluding carboxylic acids is 8. The number of aldehydes is 2. The van der Waals surface area contributed by atoms with Gasteiger partial charge in [-0.05, 0) is 91.0 Å². The number of esters is 3. The Bertz CT molecular complexity index is 2430. The second-order valence-electron chi connectivity index (χ2n) is 12.7. The van der Waals surface area contributed by atoms with E-state index < -0.39 is 48.9 Å². The maximum Gasteiger partial charge on any atom is 0.338 e. The van der Waals surface area contributed by atoms with Crippen LogP contribution in [0.15, 0.2) is 109 Å². The van der Waals surface area contributed by atoms with Gasteiger partial charge in [0, 0.05) is 49.0 Å². The number of nitrogens with zero attached hydrogens (tertiary/aromatic N) is 1. The van der Waals surface area contributed by atoms with Gasteiger partial charge in [0.05, 0.1) is 35.4 Å². The summed E-state index contributed by atoms with van der Waals surface area (Å²) < 4.78 is 29.1. The molecule has 0 aliphatic carbocycles. The number of allylic oxidation sites excluding steroid dienone is 2. The predicted molar refractivity (Wildman–Crippen MR) is 255 cm³/mol. The SMILES string of the molecule is CNC(=O)C(C(=O)OC)N(C)C(=O)c1ccc(/C=C/C#Cc2ccc(C=O)cc2)cc1.CNC(=O)C(NC)C(=O)OC.COC(=O)c1ccc(/C=C/C#Cc2ccc(C=O)cc2)cc1.Cl.[2H]CF. The van der Waals surface area contributed by atoms with Gasteiger partial charge in [0.25, 0.3) is 11.8 Å². The average Bonchev–Trinajstić information content (AvgIpc) is 3.37. The van der Waals surface area contributed by atoms with Gasteiger partial charge in [-0.25, -0.2) is 14.4 Å². The van der Waals surface area contributed by atoms with Crippen LogP contribution in [0.2, 0.25) is 0 Å². The van der Waals surface area contributed by atoms with Crippen LogP contribution < -0.4 is 16.0 Å². The topological polar surface area (TPSA) is 204 Å². The van der Waals surface area contributed by atoms with Crippen molar-refractivity contribution in [3.05, 3.63) is 154 Å². The number of methoxy groups -OCH3 is 3. The van der Waals surface area contributed by atoms with E-state index in [0.29, 0.717) is 22.3 Å². The zero-order chi connectivity index (χ0) is 50.1. The first-order valence-corrected chi connectivity index (χ1v) is 19.4. The zero-order valence-corrected chi connectivity index (χ0v) is 38.6. The summed E-state index contributed by atoms with van der Waals surface area (Å²) in [6, 6.07) is 25.4. The molecule has 2 atom stereocenters. The number of nitrogens with one attached hydrogen (secondary N) is 3. The Labute approximate surface area is 396 Å². The quantitative estimate of drug-likeness (QED) is 0.0578. The Morgan fingerprint density at radius 1 is 0.612 bits per heavy atom. The molecule has 4 aromatic carbocycles. The minimum absolute atomic E-state index is 0. The van der Waals surface area contributed by atoms with E-state index in [2.05, 4.69) is 53.8 Å². The second-order valence-corrected chi connectivity index (χ2v) is 12.7. The molecule has 0 aromatic heterocycles. The second kappa shape index (κ2) is 33.3. The zero-order valence-electron chi connectivity index (χ0n) is 38.8. The Kier molecular flexibility index (Phi) is 28.3. The minimum Gasteiger partial charge on any atom is -0.467 e. The molecule has 17 heteroatoms. The van der Waals surface area contributed by atoms with Crippen molar-refractivity contribution in [1.82, 2.24) is 20.9 Å². The number of ether oxygens (including phenoxy) is 3. The summed E-state index contributed by atoms with van der Waals surface area (Å²) in [6.45, 7) is 0. The first-order chi connectivity index (χ1) is 32.2. The molecular weight excluding hydrogens is 887 g/mol. The summed E-state index contributed by atoms with van der Waals surface area (Å²) >= 11 is 0. The van der Waals surface area contributed by atoms with Gasteiger partial charge in [-0.15, -0.1) is 12.4 Å². The monoisotopic (exact) mass is 939 g/mol. The van der Waals surface area contributed by atoms with Crippen LogP contribution in [0.3, 0.4) is 0 Å². The van der Waals surface area contributed by atoms with Crippen molar-refractivity contribution in [1.29, 1.82) is 0 Å². The van der Waals surface area contributed by atoms with Gasteiger partial charge in [0.1, 0.15) is 12.6 Å². The first-order valence-electron chi connectivity index (χ1n) is 20.1. The number of alkyl halides is 1. The molecule has 2 unspecified atom stereocenters. The normalized spacial score (nSPS) is 10.6. The summed E-state index contributed by atoms with van der Waals surface area (Å²) in [6.07, 6.45) is 8.63. The van der Waals surface area contributed by atoms with E-state index >= 15 is 0 Å². The molecule has 15 nitrogen and oxygen atoms in total. The van der Waals surface area contributed by atoms with Crippen LogP contribution >= 0.6 is 12.4 Å². The van der Waals surface area contributed by atoms with Crippen molar-refractivity contribution >= 4 is 72.8 Å². The number of amides is 3. The maximum atomic E-state index is 12.7. The highest BCUT2D eigenvalue weighted by Gasteiger charge is 2.34. The van der Waals surface area contributed by atoms with Crippen LogP contribution in [0.25, 0.3) is 12.2 Å². The minimum atomic E-state index is -1.38. The van der Waals surface area contributed by atoms with Crippen LogP contribution in [-0.4, -0.2) is 122 Å². The fraction of sp³-hybridized carbons (Fsp3) is 0.200. The predicted octanol–water partition coefficient (Wildman–Crippen LogP) is 4.78. The van der Waals surface area contributed by atoms with Crippen LogP contribution in [0.4, 0.5) is 4.39 Å². The van der Waals surface area contributed by atoms with E-state index in [1.807, 2.05) is 18.2 Å².